The molecule has 5 amide bonds. The number of amides is 5. The second-order valence-electron chi connectivity index (χ2n) is 19.7. The molecule has 6 atom stereocenters. The summed E-state index contributed by atoms with van der Waals surface area (Å²) in [6.45, 7) is 22.6. The van der Waals surface area contributed by atoms with E-state index < -0.39 is 93.9 Å². The average Bonchev–Trinajstić information content (AvgIpc) is 3.71. The number of hydrogen-bond acceptors (Lipinski definition) is 11. The Kier molecular flexibility index (Phi) is 15.2. The summed E-state index contributed by atoms with van der Waals surface area (Å²) < 4.78 is 15.9. The molecule has 16 nitrogen and oxygen atoms in total. The van der Waals surface area contributed by atoms with E-state index in [0.717, 1.165) is 0 Å². The van der Waals surface area contributed by atoms with Crippen molar-refractivity contribution in [2.24, 2.45) is 16.7 Å². The topological polar surface area (TPSA) is 207 Å². The number of rotatable bonds is 11. The number of likely N-dealkylation sites (tertiary alicyclic amines) is 2. The lowest BCUT2D eigenvalue weighted by Crippen LogP contribution is -2.57. The number of carbonyl (C=O) groups is 8. The highest BCUT2D eigenvalue weighted by Crippen LogP contribution is 2.34. The molecule has 0 aliphatic carbocycles. The van der Waals surface area contributed by atoms with E-state index in [2.05, 4.69) is 16.0 Å². The van der Waals surface area contributed by atoms with Crippen molar-refractivity contribution >= 4 is 47.4 Å². The molecule has 0 aromatic heterocycles. The molecule has 1 aromatic carbocycles. The number of nitrogens with one attached hydrogen (secondary N) is 3. The summed E-state index contributed by atoms with van der Waals surface area (Å²) in [6, 6.07) is 1.79. The fourth-order valence-electron chi connectivity index (χ4n) is 7.18. The minimum atomic E-state index is -1.07. The zero-order valence-electron chi connectivity index (χ0n) is 37.2. The quantitative estimate of drug-likeness (QED) is 0.213. The summed E-state index contributed by atoms with van der Waals surface area (Å²) in [7, 11) is 1.20. The van der Waals surface area contributed by atoms with Gasteiger partial charge >= 0.3 is 18.0 Å². The third kappa shape index (κ3) is 13.5. The summed E-state index contributed by atoms with van der Waals surface area (Å²) >= 11 is 0. The van der Waals surface area contributed by atoms with Gasteiger partial charge in [-0.1, -0.05) is 41.5 Å². The van der Waals surface area contributed by atoms with Crippen LogP contribution in [0.1, 0.15) is 130 Å². The lowest BCUT2D eigenvalue weighted by atomic mass is 9.77. The van der Waals surface area contributed by atoms with E-state index in [-0.39, 0.29) is 55.2 Å². The van der Waals surface area contributed by atoms with Crippen LogP contribution < -0.4 is 16.0 Å². The van der Waals surface area contributed by atoms with Crippen LogP contribution in [0.4, 0.5) is 4.79 Å². The Bertz CT molecular complexity index is 1770. The predicted molar refractivity (Wildman–Crippen MR) is 218 cm³/mol. The largest absolute Gasteiger partial charge is 0.467 e. The Morgan fingerprint density at radius 1 is 0.661 bits per heavy atom. The van der Waals surface area contributed by atoms with Gasteiger partial charge in [-0.05, 0) is 90.0 Å². The molecule has 2 aliphatic heterocycles. The summed E-state index contributed by atoms with van der Waals surface area (Å²) in [4.78, 5) is 109. The number of hydrogen-bond donors (Lipinski definition) is 3. The van der Waals surface area contributed by atoms with Gasteiger partial charge in [0.05, 0.1) is 25.5 Å². The average molecular weight is 828 g/mol. The van der Waals surface area contributed by atoms with Crippen molar-refractivity contribution in [1.82, 2.24) is 25.8 Å². The van der Waals surface area contributed by atoms with Gasteiger partial charge in [-0.15, -0.1) is 0 Å². The first-order valence-corrected chi connectivity index (χ1v) is 20.0. The van der Waals surface area contributed by atoms with Gasteiger partial charge in [0.25, 0.3) is 11.8 Å². The van der Waals surface area contributed by atoms with Gasteiger partial charge in [0.1, 0.15) is 23.3 Å². The van der Waals surface area contributed by atoms with Gasteiger partial charge in [0.15, 0.2) is 5.78 Å². The second kappa shape index (κ2) is 18.5. The van der Waals surface area contributed by atoms with Crippen LogP contribution in [0.25, 0.3) is 0 Å². The summed E-state index contributed by atoms with van der Waals surface area (Å²) in [5.74, 6) is -4.08. The van der Waals surface area contributed by atoms with Crippen LogP contribution in [0.15, 0.2) is 24.3 Å². The molecule has 2 heterocycles. The molecule has 0 spiro atoms. The van der Waals surface area contributed by atoms with Crippen molar-refractivity contribution in [1.29, 1.82) is 0 Å². The number of esters is 2. The van der Waals surface area contributed by atoms with E-state index in [9.17, 15) is 38.4 Å². The van der Waals surface area contributed by atoms with Crippen LogP contribution >= 0.6 is 0 Å². The van der Waals surface area contributed by atoms with Crippen LogP contribution in [-0.2, 0) is 38.2 Å². The fourth-order valence-corrected chi connectivity index (χ4v) is 7.18. The van der Waals surface area contributed by atoms with Gasteiger partial charge in [0.2, 0.25) is 11.8 Å². The van der Waals surface area contributed by atoms with Crippen LogP contribution in [0.2, 0.25) is 0 Å². The highest BCUT2D eigenvalue weighted by molar-refractivity contribution is 5.99. The first kappa shape index (κ1) is 48.3. The molecule has 59 heavy (non-hydrogen) atoms. The van der Waals surface area contributed by atoms with E-state index in [1.165, 1.54) is 48.1 Å². The number of nitrogens with zero attached hydrogens (tertiary/aromatic N) is 2. The Morgan fingerprint density at radius 3 is 1.49 bits per heavy atom. The standard InChI is InChI=1S/C43H65N5O11/c1-24(49)30-19-27(22-47(30)36(53)29(40(2,3)4)21-32(50)58-42(8,9)10)44-34(51)25-15-17-26(18-16-25)35(52)45-28-20-31(38(55)57-14)48(23-28)37(54)33(41(5,6)7)46-39(56)59-43(11,12)13/h15-18,27-31,33H,19-23H2,1-14H3,(H,44,51)(H,45,52)(H,46,56)/t27-,28-,29+,30-,31-,33+/m0/s1. The molecule has 3 N–H and O–H groups in total. The van der Waals surface area contributed by atoms with E-state index in [1.54, 1.807) is 62.3 Å². The molecule has 328 valence electrons. The highest BCUT2D eigenvalue weighted by Gasteiger charge is 2.47. The van der Waals surface area contributed by atoms with Crippen LogP contribution in [0, 0.1) is 16.7 Å². The normalized spacial score (nSPS) is 20.8. The zero-order chi connectivity index (χ0) is 45.0. The number of alkyl carbamates (subject to hydrolysis) is 1. The molecular formula is C43H65N5O11. The Balaban J connectivity index is 1.70. The number of methoxy groups -OCH3 is 1. The molecule has 0 unspecified atom stereocenters. The molecule has 2 fully saturated rings. The molecule has 2 saturated heterocycles. The van der Waals surface area contributed by atoms with Crippen molar-refractivity contribution in [2.75, 3.05) is 20.2 Å². The SMILES string of the molecule is COC(=O)[C@@H]1C[C@H](NC(=O)c2ccc(C(=O)N[C@H]3C[C@@H](C(C)=O)N(C(=O)[C@@H](CC(=O)OC(C)(C)C)C(C)(C)C)C3)cc2)CN1C(=O)[C@@H](NC(=O)OC(C)(C)C)C(C)(C)C. The van der Waals surface area contributed by atoms with Crippen molar-refractivity contribution in [3.63, 3.8) is 0 Å². The van der Waals surface area contributed by atoms with E-state index >= 15 is 0 Å². The monoisotopic (exact) mass is 827 g/mol. The second-order valence-corrected chi connectivity index (χ2v) is 19.7. The molecule has 2 aliphatic rings. The zero-order valence-corrected chi connectivity index (χ0v) is 37.2. The van der Waals surface area contributed by atoms with Gasteiger partial charge in [-0.2, -0.15) is 0 Å². The fraction of sp³-hybridized carbons (Fsp3) is 0.674. The van der Waals surface area contributed by atoms with Crippen molar-refractivity contribution < 1.29 is 52.6 Å². The van der Waals surface area contributed by atoms with Crippen molar-refractivity contribution in [3.8, 4) is 0 Å². The molecule has 0 saturated carbocycles. The number of ketones is 1. The van der Waals surface area contributed by atoms with Crippen molar-refractivity contribution in [3.05, 3.63) is 35.4 Å². The Labute approximate surface area is 348 Å². The molecule has 0 bridgehead atoms. The maximum absolute atomic E-state index is 14.0. The summed E-state index contributed by atoms with van der Waals surface area (Å²) in [6.07, 6.45) is -0.694. The first-order chi connectivity index (χ1) is 26.9. The smallest absolute Gasteiger partial charge is 0.408 e. The number of Topliss-reactive ketones (excluding diaryl/α,β-unsaturated/α-hetero) is 1. The van der Waals surface area contributed by atoms with Gasteiger partial charge in [0, 0.05) is 42.7 Å². The van der Waals surface area contributed by atoms with Crippen LogP contribution in [0.5, 0.6) is 0 Å². The molecule has 3 rings (SSSR count). The lowest BCUT2D eigenvalue weighted by Gasteiger charge is -2.35. The minimum absolute atomic E-state index is 0.0346. The van der Waals surface area contributed by atoms with Crippen LogP contribution in [-0.4, -0.2) is 119 Å². The third-order valence-electron chi connectivity index (χ3n) is 10.1. The molecular weight excluding hydrogens is 762 g/mol. The molecule has 0 radical (unpaired) electrons. The van der Waals surface area contributed by atoms with Crippen molar-refractivity contribution in [2.45, 2.75) is 151 Å². The first-order valence-electron chi connectivity index (χ1n) is 20.0. The Morgan fingerprint density at radius 2 is 1.10 bits per heavy atom. The predicted octanol–water partition coefficient (Wildman–Crippen LogP) is 4.18. The third-order valence-corrected chi connectivity index (χ3v) is 10.1. The maximum atomic E-state index is 14.0. The van der Waals surface area contributed by atoms with E-state index in [1.807, 2.05) is 20.8 Å². The van der Waals surface area contributed by atoms with Gasteiger partial charge in [-0.25, -0.2) is 9.59 Å². The maximum Gasteiger partial charge on any atom is 0.408 e. The molecule has 16 heteroatoms. The molecule has 1 aromatic rings. The minimum Gasteiger partial charge on any atom is -0.467 e. The number of benzene rings is 1. The number of carbonyl (C=O) groups excluding carboxylic acids is 8. The van der Waals surface area contributed by atoms with Crippen LogP contribution in [0.3, 0.4) is 0 Å². The van der Waals surface area contributed by atoms with E-state index in [4.69, 9.17) is 14.2 Å². The lowest BCUT2D eigenvalue weighted by molar-refractivity contribution is -0.161. The van der Waals surface area contributed by atoms with Gasteiger partial charge < -0.3 is 40.0 Å². The van der Waals surface area contributed by atoms with E-state index in [0.29, 0.717) is 0 Å². The highest BCUT2D eigenvalue weighted by atomic mass is 16.6. The summed E-state index contributed by atoms with van der Waals surface area (Å²) in [5.41, 5.74) is -2.49. The number of ether oxygens (including phenoxy) is 3. The Hall–Kier alpha value is -5.02. The van der Waals surface area contributed by atoms with Gasteiger partial charge in [-0.3, -0.25) is 28.8 Å². The summed E-state index contributed by atoms with van der Waals surface area (Å²) in [5, 5.41) is 8.43.